The third-order valence-electron chi connectivity index (χ3n) is 3.98. The number of hydrogen-bond donors (Lipinski definition) is 1. The lowest BCUT2D eigenvalue weighted by molar-refractivity contribution is -0.0317. The summed E-state index contributed by atoms with van der Waals surface area (Å²) in [6.07, 6.45) is 5.40. The van der Waals surface area contributed by atoms with Crippen molar-refractivity contribution in [1.29, 1.82) is 0 Å². The molecule has 1 aromatic heterocycles. The van der Waals surface area contributed by atoms with Crippen LogP contribution < -0.4 is 0 Å². The lowest BCUT2D eigenvalue weighted by Crippen LogP contribution is -2.50. The molecule has 1 N–H and O–H groups in total. The van der Waals surface area contributed by atoms with Gasteiger partial charge in [-0.1, -0.05) is 30.9 Å². The molecular formula is C13H20ClNOS. The minimum Gasteiger partial charge on any atom is -0.386 e. The van der Waals surface area contributed by atoms with Gasteiger partial charge in [-0.3, -0.25) is 0 Å². The molecule has 17 heavy (non-hydrogen) atoms. The number of hydrogen-bond acceptors (Lipinski definition) is 3. The average molecular weight is 274 g/mol. The molecule has 1 unspecified atom stereocenters. The molecule has 0 aromatic carbocycles. The highest BCUT2D eigenvalue weighted by Crippen LogP contribution is 2.44. The molecule has 0 amide bonds. The molecule has 1 aliphatic rings. The first kappa shape index (κ1) is 13.3. The monoisotopic (exact) mass is 273 g/mol. The van der Waals surface area contributed by atoms with Crippen LogP contribution >= 0.6 is 22.9 Å². The quantitative estimate of drug-likeness (QED) is 0.908. The van der Waals surface area contributed by atoms with E-state index in [1.54, 1.807) is 0 Å². The van der Waals surface area contributed by atoms with Crippen LogP contribution in [-0.4, -0.2) is 29.6 Å². The summed E-state index contributed by atoms with van der Waals surface area (Å²) in [6.45, 7) is 0. The average Bonchev–Trinajstić information content (AvgIpc) is 2.75. The topological polar surface area (TPSA) is 23.5 Å². The van der Waals surface area contributed by atoms with Crippen molar-refractivity contribution in [2.75, 3.05) is 14.1 Å². The van der Waals surface area contributed by atoms with Crippen molar-refractivity contribution in [1.82, 2.24) is 4.90 Å². The number of aliphatic hydroxyl groups excluding tert-OH is 1. The Morgan fingerprint density at radius 3 is 2.41 bits per heavy atom. The molecule has 1 heterocycles. The number of thiophene rings is 1. The van der Waals surface area contributed by atoms with Gasteiger partial charge >= 0.3 is 0 Å². The number of rotatable bonds is 3. The van der Waals surface area contributed by atoms with E-state index in [2.05, 4.69) is 19.0 Å². The molecule has 0 spiro atoms. The molecule has 0 saturated heterocycles. The van der Waals surface area contributed by atoms with Crippen molar-refractivity contribution in [3.8, 4) is 0 Å². The van der Waals surface area contributed by atoms with Gasteiger partial charge < -0.3 is 10.0 Å². The Kier molecular flexibility index (Phi) is 4.14. The summed E-state index contributed by atoms with van der Waals surface area (Å²) in [5.74, 6) is 0. The van der Waals surface area contributed by atoms with Crippen LogP contribution in [-0.2, 0) is 0 Å². The van der Waals surface area contributed by atoms with Gasteiger partial charge in [-0.05, 0) is 39.1 Å². The highest BCUT2D eigenvalue weighted by atomic mass is 35.5. The molecule has 0 radical (unpaired) electrons. The van der Waals surface area contributed by atoms with Gasteiger partial charge in [0.15, 0.2) is 0 Å². The second-order valence-corrected chi connectivity index (χ2v) is 6.85. The maximum absolute atomic E-state index is 10.7. The van der Waals surface area contributed by atoms with Crippen molar-refractivity contribution in [2.45, 2.75) is 43.7 Å². The van der Waals surface area contributed by atoms with E-state index in [4.69, 9.17) is 11.6 Å². The van der Waals surface area contributed by atoms with E-state index in [9.17, 15) is 5.11 Å². The molecule has 2 nitrogen and oxygen atoms in total. The van der Waals surface area contributed by atoms with Crippen LogP contribution in [0.5, 0.6) is 0 Å². The Labute approximate surface area is 112 Å². The van der Waals surface area contributed by atoms with Crippen LogP contribution in [0.3, 0.4) is 0 Å². The first-order chi connectivity index (χ1) is 8.06. The maximum atomic E-state index is 10.7. The van der Waals surface area contributed by atoms with Gasteiger partial charge in [-0.2, -0.15) is 0 Å². The van der Waals surface area contributed by atoms with Crippen LogP contribution in [0.15, 0.2) is 12.1 Å². The van der Waals surface area contributed by atoms with Gasteiger partial charge in [0.2, 0.25) is 0 Å². The van der Waals surface area contributed by atoms with Crippen LogP contribution in [0.4, 0.5) is 0 Å². The lowest BCUT2D eigenvalue weighted by Gasteiger charge is -2.46. The highest BCUT2D eigenvalue weighted by molar-refractivity contribution is 7.16. The lowest BCUT2D eigenvalue weighted by atomic mass is 9.76. The summed E-state index contributed by atoms with van der Waals surface area (Å²) in [4.78, 5) is 3.19. The highest BCUT2D eigenvalue weighted by Gasteiger charge is 2.42. The summed E-state index contributed by atoms with van der Waals surface area (Å²) < 4.78 is 0.753. The fourth-order valence-electron chi connectivity index (χ4n) is 2.87. The molecule has 2 rings (SSSR count). The van der Waals surface area contributed by atoms with Gasteiger partial charge in [0, 0.05) is 4.88 Å². The SMILES string of the molecule is CN(C)C1(C(O)c2ccc(Cl)s2)CCCCC1. The maximum Gasteiger partial charge on any atom is 0.106 e. The van der Waals surface area contributed by atoms with Gasteiger partial charge in [0.05, 0.1) is 9.88 Å². The smallest absolute Gasteiger partial charge is 0.106 e. The van der Waals surface area contributed by atoms with Crippen molar-refractivity contribution in [3.05, 3.63) is 21.3 Å². The fraction of sp³-hybridized carbons (Fsp3) is 0.692. The number of nitrogens with zero attached hydrogens (tertiary/aromatic N) is 1. The Balaban J connectivity index is 2.26. The second kappa shape index (κ2) is 5.27. The summed E-state index contributed by atoms with van der Waals surface area (Å²) >= 11 is 7.46. The minimum absolute atomic E-state index is 0.105. The normalized spacial score (nSPS) is 21.7. The first-order valence-electron chi connectivity index (χ1n) is 6.17. The van der Waals surface area contributed by atoms with E-state index in [0.29, 0.717) is 0 Å². The molecule has 0 bridgehead atoms. The Bertz CT molecular complexity index is 371. The zero-order valence-corrected chi connectivity index (χ0v) is 12.0. The molecule has 0 aliphatic heterocycles. The predicted octanol–water partition coefficient (Wildman–Crippen LogP) is 3.70. The number of aliphatic hydroxyl groups is 1. The van der Waals surface area contributed by atoms with E-state index < -0.39 is 6.10 Å². The van der Waals surface area contributed by atoms with E-state index >= 15 is 0 Å². The standard InChI is InChI=1S/C13H20ClNOS/c1-15(2)13(8-4-3-5-9-13)12(16)10-6-7-11(14)17-10/h6-7,12,16H,3-5,8-9H2,1-2H3. The van der Waals surface area contributed by atoms with E-state index in [-0.39, 0.29) is 5.54 Å². The molecule has 1 fully saturated rings. The van der Waals surface area contributed by atoms with Crippen LogP contribution in [0.25, 0.3) is 0 Å². The van der Waals surface area contributed by atoms with Crippen LogP contribution in [0.2, 0.25) is 4.34 Å². The van der Waals surface area contributed by atoms with Crippen molar-refractivity contribution in [2.24, 2.45) is 0 Å². The summed E-state index contributed by atoms with van der Waals surface area (Å²) in [6, 6.07) is 3.83. The fourth-order valence-corrected chi connectivity index (χ4v) is 4.03. The molecular weight excluding hydrogens is 254 g/mol. The number of halogens is 1. The molecule has 1 aromatic rings. The molecule has 96 valence electrons. The zero-order chi connectivity index (χ0) is 12.5. The van der Waals surface area contributed by atoms with Crippen LogP contribution in [0.1, 0.15) is 43.1 Å². The van der Waals surface area contributed by atoms with Gasteiger partial charge in [-0.15, -0.1) is 11.3 Å². The third kappa shape index (κ3) is 2.53. The van der Waals surface area contributed by atoms with Gasteiger partial charge in [0.1, 0.15) is 6.10 Å². The van der Waals surface area contributed by atoms with Gasteiger partial charge in [0.25, 0.3) is 0 Å². The first-order valence-corrected chi connectivity index (χ1v) is 7.36. The summed E-state index contributed by atoms with van der Waals surface area (Å²) in [7, 11) is 4.15. The van der Waals surface area contributed by atoms with E-state index in [1.165, 1.54) is 30.6 Å². The largest absolute Gasteiger partial charge is 0.386 e. The molecule has 1 atom stereocenters. The molecule has 1 saturated carbocycles. The van der Waals surface area contributed by atoms with Crippen molar-refractivity contribution in [3.63, 3.8) is 0 Å². The van der Waals surface area contributed by atoms with E-state index in [0.717, 1.165) is 22.1 Å². The number of likely N-dealkylation sites (N-methyl/N-ethyl adjacent to an activating group) is 1. The van der Waals surface area contributed by atoms with Crippen molar-refractivity contribution < 1.29 is 5.11 Å². The minimum atomic E-state index is -0.421. The van der Waals surface area contributed by atoms with Gasteiger partial charge in [-0.25, -0.2) is 0 Å². The predicted molar refractivity (Wildman–Crippen MR) is 73.8 cm³/mol. The summed E-state index contributed by atoms with van der Waals surface area (Å²) in [5, 5.41) is 10.7. The Morgan fingerprint density at radius 2 is 1.94 bits per heavy atom. The summed E-state index contributed by atoms with van der Waals surface area (Å²) in [5.41, 5.74) is -0.105. The third-order valence-corrected chi connectivity index (χ3v) is 5.27. The molecule has 1 aliphatic carbocycles. The second-order valence-electron chi connectivity index (χ2n) is 5.10. The van der Waals surface area contributed by atoms with E-state index in [1.807, 2.05) is 12.1 Å². The Hall–Kier alpha value is -0.0900. The zero-order valence-electron chi connectivity index (χ0n) is 10.4. The van der Waals surface area contributed by atoms with Crippen molar-refractivity contribution >= 4 is 22.9 Å². The Morgan fingerprint density at radius 1 is 1.29 bits per heavy atom. The molecule has 4 heteroatoms. The van der Waals surface area contributed by atoms with Crippen LogP contribution in [0, 0.1) is 0 Å².